The average Bonchev–Trinajstić information content (AvgIpc) is 3.44. The van der Waals surface area contributed by atoms with Gasteiger partial charge in [0.25, 0.3) is 5.91 Å². The van der Waals surface area contributed by atoms with Gasteiger partial charge in [0.2, 0.25) is 11.9 Å². The van der Waals surface area contributed by atoms with Crippen LogP contribution in [0, 0.1) is 18.7 Å². The zero-order valence-corrected chi connectivity index (χ0v) is 19.7. The maximum Gasteiger partial charge on any atom is 0.274 e. The van der Waals surface area contributed by atoms with Gasteiger partial charge in [-0.3, -0.25) is 14.6 Å². The van der Waals surface area contributed by atoms with Crippen LogP contribution in [0.4, 0.5) is 10.3 Å². The quantitative estimate of drug-likeness (QED) is 0.554. The number of aryl methyl sites for hydroxylation is 1. The molecule has 2 saturated heterocycles. The van der Waals surface area contributed by atoms with Gasteiger partial charge in [-0.15, -0.1) is 11.3 Å². The van der Waals surface area contributed by atoms with Crippen molar-refractivity contribution < 1.29 is 18.7 Å². The van der Waals surface area contributed by atoms with Gasteiger partial charge in [0.1, 0.15) is 5.82 Å². The van der Waals surface area contributed by atoms with Crippen LogP contribution in [0.25, 0.3) is 10.2 Å². The highest BCUT2D eigenvalue weighted by Crippen LogP contribution is 2.30. The molecule has 2 atom stereocenters. The van der Waals surface area contributed by atoms with E-state index in [1.807, 2.05) is 19.9 Å². The van der Waals surface area contributed by atoms with Crippen LogP contribution in [0.1, 0.15) is 40.3 Å². The monoisotopic (exact) mass is 484 g/mol. The maximum atomic E-state index is 13.6. The molecule has 2 aliphatic heterocycles. The van der Waals surface area contributed by atoms with Crippen molar-refractivity contribution in [1.82, 2.24) is 25.2 Å². The summed E-state index contributed by atoms with van der Waals surface area (Å²) in [6, 6.07) is 2.93. The Morgan fingerprint density at radius 2 is 2.09 bits per heavy atom. The molecule has 3 aromatic rings. The minimum atomic E-state index is -0.424. The molecule has 0 aromatic carbocycles. The first kappa shape index (κ1) is 22.6. The van der Waals surface area contributed by atoms with E-state index in [0.717, 1.165) is 22.2 Å². The molecule has 11 heteroatoms. The van der Waals surface area contributed by atoms with E-state index in [9.17, 15) is 14.0 Å². The summed E-state index contributed by atoms with van der Waals surface area (Å²) in [6.45, 7) is 5.74. The van der Waals surface area contributed by atoms with Gasteiger partial charge in [-0.05, 0) is 38.0 Å². The van der Waals surface area contributed by atoms with E-state index in [4.69, 9.17) is 4.74 Å². The number of anilines is 1. The second kappa shape index (κ2) is 9.22. The lowest BCUT2D eigenvalue weighted by Crippen LogP contribution is -2.61. The maximum absolute atomic E-state index is 13.6. The molecule has 9 nitrogen and oxygen atoms in total. The third-order valence-corrected chi connectivity index (χ3v) is 7.13. The molecule has 0 saturated carbocycles. The van der Waals surface area contributed by atoms with Crippen LogP contribution in [-0.2, 0) is 9.53 Å². The zero-order chi connectivity index (χ0) is 23.8. The lowest BCUT2D eigenvalue weighted by molar-refractivity contribution is -0.126. The molecule has 0 radical (unpaired) electrons. The summed E-state index contributed by atoms with van der Waals surface area (Å²) in [7, 11) is 0. The molecule has 2 amide bonds. The van der Waals surface area contributed by atoms with Gasteiger partial charge in [-0.1, -0.05) is 0 Å². The predicted octanol–water partition coefficient (Wildman–Crippen LogP) is 2.68. The number of thiophene rings is 1. The van der Waals surface area contributed by atoms with Crippen LogP contribution in [0.2, 0.25) is 0 Å². The van der Waals surface area contributed by atoms with Crippen LogP contribution in [0.15, 0.2) is 24.5 Å². The molecule has 2 fully saturated rings. The largest absolute Gasteiger partial charge is 0.381 e. The fourth-order valence-corrected chi connectivity index (χ4v) is 5.08. The smallest absolute Gasteiger partial charge is 0.274 e. The number of nitrogens with one attached hydrogen (secondary N) is 2. The number of aromatic nitrogens is 3. The molecule has 5 rings (SSSR count). The van der Waals surface area contributed by atoms with Gasteiger partial charge in [-0.2, -0.15) is 0 Å². The van der Waals surface area contributed by atoms with Crippen LogP contribution < -0.4 is 10.6 Å². The fraction of sp³-hybridized carbons (Fsp3) is 0.435. The summed E-state index contributed by atoms with van der Waals surface area (Å²) in [6.07, 6.45) is 3.46. The Kier molecular flexibility index (Phi) is 6.13. The number of nitrogens with zero attached hydrogens (tertiary/aromatic N) is 4. The SMILES string of the molecule is Cc1cc2nc(NC(C)c3cncc(F)c3)nc(C(=O)N3CC(NC(=O)C4CCOC4)C3)c2s1. The Labute approximate surface area is 199 Å². The number of rotatable bonds is 6. The number of likely N-dealkylation sites (tertiary alicyclic amines) is 1. The van der Waals surface area contributed by atoms with E-state index >= 15 is 0 Å². The number of carbonyl (C=O) groups is 2. The molecule has 0 spiro atoms. The first-order valence-corrected chi connectivity index (χ1v) is 12.0. The van der Waals surface area contributed by atoms with Crippen LogP contribution in [-0.4, -0.2) is 64.0 Å². The first-order chi connectivity index (χ1) is 16.4. The first-order valence-electron chi connectivity index (χ1n) is 11.2. The van der Waals surface area contributed by atoms with E-state index in [2.05, 4.69) is 25.6 Å². The molecule has 0 aliphatic carbocycles. The summed E-state index contributed by atoms with van der Waals surface area (Å²) < 4.78 is 19.6. The molecule has 2 N–H and O–H groups in total. The number of hydrogen-bond acceptors (Lipinski definition) is 8. The molecular formula is C23H25FN6O3S. The van der Waals surface area contributed by atoms with Crippen molar-refractivity contribution >= 4 is 39.3 Å². The Morgan fingerprint density at radius 1 is 1.26 bits per heavy atom. The van der Waals surface area contributed by atoms with Crippen molar-refractivity contribution in [2.75, 3.05) is 31.6 Å². The number of hydrogen-bond donors (Lipinski definition) is 2. The third kappa shape index (κ3) is 4.58. The van der Waals surface area contributed by atoms with Crippen LogP contribution in [0.3, 0.4) is 0 Å². The summed E-state index contributed by atoms with van der Waals surface area (Å²) in [5, 5.41) is 6.16. The average molecular weight is 485 g/mol. The lowest BCUT2D eigenvalue weighted by atomic mass is 10.0. The Balaban J connectivity index is 1.31. The highest BCUT2D eigenvalue weighted by molar-refractivity contribution is 7.19. The normalized spacial score (nSPS) is 19.1. The number of carbonyl (C=O) groups excluding carboxylic acids is 2. The predicted molar refractivity (Wildman–Crippen MR) is 125 cm³/mol. The minimum Gasteiger partial charge on any atom is -0.381 e. The minimum absolute atomic E-state index is 0.0137. The third-order valence-electron chi connectivity index (χ3n) is 6.08. The van der Waals surface area contributed by atoms with Crippen LogP contribution >= 0.6 is 11.3 Å². The van der Waals surface area contributed by atoms with E-state index in [1.165, 1.54) is 17.4 Å². The van der Waals surface area contributed by atoms with Gasteiger partial charge in [0.15, 0.2) is 5.69 Å². The summed E-state index contributed by atoms with van der Waals surface area (Å²) in [4.78, 5) is 41.3. The second-order valence-electron chi connectivity index (χ2n) is 8.75. The van der Waals surface area contributed by atoms with Crippen molar-refractivity contribution in [2.45, 2.75) is 32.4 Å². The van der Waals surface area contributed by atoms with Gasteiger partial charge >= 0.3 is 0 Å². The van der Waals surface area contributed by atoms with Crippen molar-refractivity contribution in [2.24, 2.45) is 5.92 Å². The van der Waals surface area contributed by atoms with Gasteiger partial charge in [0.05, 0.1) is 41.0 Å². The molecular weight excluding hydrogens is 459 g/mol. The highest BCUT2D eigenvalue weighted by atomic mass is 32.1. The van der Waals surface area contributed by atoms with E-state index in [-0.39, 0.29) is 35.8 Å². The van der Waals surface area contributed by atoms with E-state index in [0.29, 0.717) is 43.1 Å². The fourth-order valence-electron chi connectivity index (χ4n) is 4.15. The standard InChI is InChI=1S/C23H25FN6O3S/c1-12-5-18-20(34-12)19(29-23(28-18)26-13(2)15-6-16(24)8-25-7-15)22(32)30-9-17(10-30)27-21(31)14-3-4-33-11-14/h5-8,13-14,17H,3-4,9-11H2,1-2H3,(H,27,31)(H,26,28,29). The molecule has 0 bridgehead atoms. The molecule has 34 heavy (non-hydrogen) atoms. The van der Waals surface area contributed by atoms with Crippen molar-refractivity contribution in [3.05, 3.63) is 46.5 Å². The van der Waals surface area contributed by atoms with Crippen LogP contribution in [0.5, 0.6) is 0 Å². The number of fused-ring (bicyclic) bond motifs is 1. The highest BCUT2D eigenvalue weighted by Gasteiger charge is 2.36. The Morgan fingerprint density at radius 3 is 2.82 bits per heavy atom. The van der Waals surface area contributed by atoms with Crippen molar-refractivity contribution in [3.63, 3.8) is 0 Å². The number of ether oxygens (including phenoxy) is 1. The second-order valence-corrected chi connectivity index (χ2v) is 10.0. The van der Waals surface area contributed by atoms with Gasteiger partial charge < -0.3 is 20.3 Å². The molecule has 178 valence electrons. The Bertz CT molecular complexity index is 1240. The molecule has 2 aliphatic rings. The molecule has 5 heterocycles. The molecule has 2 unspecified atom stereocenters. The van der Waals surface area contributed by atoms with E-state index in [1.54, 1.807) is 11.1 Å². The zero-order valence-electron chi connectivity index (χ0n) is 18.9. The molecule has 3 aromatic heterocycles. The summed E-state index contributed by atoms with van der Waals surface area (Å²) >= 11 is 1.47. The summed E-state index contributed by atoms with van der Waals surface area (Å²) in [5.41, 5.74) is 1.65. The topological polar surface area (TPSA) is 109 Å². The Hall–Kier alpha value is -3.18. The van der Waals surface area contributed by atoms with Crippen molar-refractivity contribution in [1.29, 1.82) is 0 Å². The van der Waals surface area contributed by atoms with Gasteiger partial charge in [-0.25, -0.2) is 14.4 Å². The van der Waals surface area contributed by atoms with Crippen molar-refractivity contribution in [3.8, 4) is 0 Å². The van der Waals surface area contributed by atoms with E-state index < -0.39 is 5.82 Å². The number of amides is 2. The van der Waals surface area contributed by atoms with Gasteiger partial charge in [0, 0.05) is 30.8 Å². The summed E-state index contributed by atoms with van der Waals surface area (Å²) in [5.74, 6) is -0.458. The lowest BCUT2D eigenvalue weighted by Gasteiger charge is -2.39. The number of pyridine rings is 1. The number of halogens is 1.